The molecule has 2 aliphatic rings. The number of hydrogen-bond donors (Lipinski definition) is 1. The van der Waals surface area contributed by atoms with Crippen molar-refractivity contribution in [1.82, 2.24) is 15.3 Å². The Morgan fingerprint density at radius 3 is 2.80 bits per heavy atom. The maximum absolute atomic E-state index is 5.83. The van der Waals surface area contributed by atoms with Crippen LogP contribution in [0.15, 0.2) is 0 Å². The Hall–Kier alpha value is -1.04. The second kappa shape index (κ2) is 5.76. The van der Waals surface area contributed by atoms with Gasteiger partial charge in [-0.1, -0.05) is 6.92 Å². The number of hydrogen-bond acceptors (Lipinski definition) is 5. The van der Waals surface area contributed by atoms with Crippen molar-refractivity contribution in [3.63, 3.8) is 0 Å². The van der Waals surface area contributed by atoms with Crippen LogP contribution in [0.5, 0.6) is 0 Å². The fourth-order valence-corrected chi connectivity index (χ4v) is 3.15. The van der Waals surface area contributed by atoms with Crippen LogP contribution < -0.4 is 5.32 Å². The number of methoxy groups -OCH3 is 1. The second-order valence-electron chi connectivity index (χ2n) is 5.51. The fourth-order valence-electron chi connectivity index (χ4n) is 3.15. The molecule has 0 amide bonds. The zero-order valence-electron chi connectivity index (χ0n) is 12.4. The lowest BCUT2D eigenvalue weighted by molar-refractivity contribution is -0.100. The van der Waals surface area contributed by atoms with Crippen molar-refractivity contribution in [2.45, 2.75) is 44.8 Å². The van der Waals surface area contributed by atoms with Gasteiger partial charge >= 0.3 is 0 Å². The van der Waals surface area contributed by atoms with E-state index in [-0.39, 0.29) is 5.60 Å². The van der Waals surface area contributed by atoms with E-state index in [2.05, 4.69) is 12.2 Å². The molecule has 5 heteroatoms. The highest BCUT2D eigenvalue weighted by Crippen LogP contribution is 2.34. The van der Waals surface area contributed by atoms with Crippen molar-refractivity contribution in [3.05, 3.63) is 22.8 Å². The minimum atomic E-state index is -0.366. The first-order valence-electron chi connectivity index (χ1n) is 7.52. The summed E-state index contributed by atoms with van der Waals surface area (Å²) in [7, 11) is 1.76. The third-order valence-electron chi connectivity index (χ3n) is 4.46. The van der Waals surface area contributed by atoms with Crippen LogP contribution in [0.1, 0.15) is 42.5 Å². The molecule has 1 aromatic rings. The Morgan fingerprint density at radius 2 is 2.10 bits per heavy atom. The molecule has 110 valence electrons. The molecule has 0 unspecified atom stereocenters. The van der Waals surface area contributed by atoms with Crippen LogP contribution in [0.2, 0.25) is 0 Å². The lowest BCUT2D eigenvalue weighted by Crippen LogP contribution is -2.39. The zero-order valence-corrected chi connectivity index (χ0v) is 12.4. The molecule has 1 fully saturated rings. The molecule has 0 atom stereocenters. The van der Waals surface area contributed by atoms with Crippen molar-refractivity contribution in [1.29, 1.82) is 0 Å². The molecule has 0 saturated carbocycles. The third-order valence-corrected chi connectivity index (χ3v) is 4.46. The Labute approximate surface area is 120 Å². The molecule has 20 heavy (non-hydrogen) atoms. The fraction of sp³-hybridized carbons (Fsp3) is 0.733. The molecule has 0 aliphatic carbocycles. The van der Waals surface area contributed by atoms with Crippen LogP contribution >= 0.6 is 0 Å². The summed E-state index contributed by atoms with van der Waals surface area (Å²) in [6.07, 6.45) is 3.65. The third kappa shape index (κ3) is 2.34. The van der Waals surface area contributed by atoms with Crippen LogP contribution in [0, 0.1) is 0 Å². The number of nitrogens with one attached hydrogen (secondary N) is 1. The number of nitrogens with zero attached hydrogens (tertiary/aromatic N) is 2. The molecule has 2 aliphatic heterocycles. The van der Waals surface area contributed by atoms with Crippen LogP contribution in [0.4, 0.5) is 0 Å². The summed E-state index contributed by atoms with van der Waals surface area (Å²) in [5.41, 5.74) is 3.32. The van der Waals surface area contributed by atoms with Crippen LogP contribution in [0.25, 0.3) is 0 Å². The smallest absolute Gasteiger partial charge is 0.161 e. The van der Waals surface area contributed by atoms with Crippen LogP contribution in [0.3, 0.4) is 0 Å². The van der Waals surface area contributed by atoms with Gasteiger partial charge in [0.15, 0.2) is 5.82 Å². The number of aryl methyl sites for hydroxylation is 1. The molecular formula is C15H23N3O2. The van der Waals surface area contributed by atoms with E-state index >= 15 is 0 Å². The van der Waals surface area contributed by atoms with Gasteiger partial charge in [-0.3, -0.25) is 0 Å². The zero-order chi connectivity index (χ0) is 14.0. The summed E-state index contributed by atoms with van der Waals surface area (Å²) < 4.78 is 11.3. The van der Waals surface area contributed by atoms with Gasteiger partial charge < -0.3 is 14.8 Å². The van der Waals surface area contributed by atoms with E-state index < -0.39 is 0 Å². The van der Waals surface area contributed by atoms with E-state index in [4.69, 9.17) is 19.4 Å². The van der Waals surface area contributed by atoms with E-state index in [1.165, 1.54) is 11.3 Å². The largest absolute Gasteiger partial charge is 0.381 e. The molecule has 1 N–H and O–H groups in total. The highest BCUT2D eigenvalue weighted by molar-refractivity contribution is 5.30. The molecule has 1 aromatic heterocycles. The SMILES string of the molecule is CCc1nc(C2(OC)CCOCC2)nc2c1CCNC2. The Kier molecular flexibility index (Phi) is 4.01. The van der Waals surface area contributed by atoms with Crippen molar-refractivity contribution < 1.29 is 9.47 Å². The van der Waals surface area contributed by atoms with Gasteiger partial charge in [-0.2, -0.15) is 0 Å². The van der Waals surface area contributed by atoms with Crippen LogP contribution in [-0.2, 0) is 34.5 Å². The molecule has 0 aromatic carbocycles. The minimum absolute atomic E-state index is 0.366. The van der Waals surface area contributed by atoms with Gasteiger partial charge in [-0.05, 0) is 24.9 Å². The average Bonchev–Trinajstić information content (AvgIpc) is 2.54. The van der Waals surface area contributed by atoms with Crippen molar-refractivity contribution in [2.24, 2.45) is 0 Å². The Morgan fingerprint density at radius 1 is 1.30 bits per heavy atom. The highest BCUT2D eigenvalue weighted by Gasteiger charge is 2.38. The molecule has 0 bridgehead atoms. The number of ether oxygens (including phenoxy) is 2. The summed E-state index contributed by atoms with van der Waals surface area (Å²) in [4.78, 5) is 9.69. The van der Waals surface area contributed by atoms with Crippen molar-refractivity contribution >= 4 is 0 Å². The van der Waals surface area contributed by atoms with E-state index in [1.54, 1.807) is 7.11 Å². The van der Waals surface area contributed by atoms with Crippen molar-refractivity contribution in [3.8, 4) is 0 Å². The van der Waals surface area contributed by atoms with E-state index in [0.717, 1.165) is 50.3 Å². The maximum Gasteiger partial charge on any atom is 0.161 e. The summed E-state index contributed by atoms with van der Waals surface area (Å²) in [6, 6.07) is 0. The molecule has 0 spiro atoms. The van der Waals surface area contributed by atoms with Gasteiger partial charge in [0.25, 0.3) is 0 Å². The molecule has 1 saturated heterocycles. The summed E-state index contributed by atoms with van der Waals surface area (Å²) in [6.45, 7) is 5.46. The van der Waals surface area contributed by atoms with Crippen LogP contribution in [-0.4, -0.2) is 36.8 Å². The monoisotopic (exact) mass is 277 g/mol. The van der Waals surface area contributed by atoms with Crippen molar-refractivity contribution in [2.75, 3.05) is 26.9 Å². The van der Waals surface area contributed by atoms with Gasteiger partial charge in [0, 0.05) is 45.4 Å². The summed E-state index contributed by atoms with van der Waals surface area (Å²) in [5.74, 6) is 0.850. The molecule has 0 radical (unpaired) electrons. The highest BCUT2D eigenvalue weighted by atomic mass is 16.5. The topological polar surface area (TPSA) is 56.3 Å². The predicted molar refractivity (Wildman–Crippen MR) is 75.6 cm³/mol. The Balaban J connectivity index is 2.04. The van der Waals surface area contributed by atoms with Gasteiger partial charge in [0.1, 0.15) is 5.60 Å². The maximum atomic E-state index is 5.83. The number of aromatic nitrogens is 2. The first-order valence-corrected chi connectivity index (χ1v) is 7.52. The normalized spacial score (nSPS) is 21.5. The average molecular weight is 277 g/mol. The first-order chi connectivity index (χ1) is 9.79. The first kappa shape index (κ1) is 13.9. The summed E-state index contributed by atoms with van der Waals surface area (Å²) >= 11 is 0. The van der Waals surface area contributed by atoms with E-state index in [0.29, 0.717) is 13.2 Å². The minimum Gasteiger partial charge on any atom is -0.381 e. The molecule has 5 nitrogen and oxygen atoms in total. The summed E-state index contributed by atoms with van der Waals surface area (Å²) in [5, 5.41) is 3.40. The van der Waals surface area contributed by atoms with E-state index in [1.807, 2.05) is 0 Å². The molecule has 3 rings (SSSR count). The van der Waals surface area contributed by atoms with Gasteiger partial charge in [-0.25, -0.2) is 9.97 Å². The van der Waals surface area contributed by atoms with Gasteiger partial charge in [-0.15, -0.1) is 0 Å². The molecular weight excluding hydrogens is 254 g/mol. The van der Waals surface area contributed by atoms with E-state index in [9.17, 15) is 0 Å². The Bertz CT molecular complexity index is 467. The molecule has 3 heterocycles. The number of fused-ring (bicyclic) bond motifs is 1. The quantitative estimate of drug-likeness (QED) is 0.903. The lowest BCUT2D eigenvalue weighted by Gasteiger charge is -2.35. The van der Waals surface area contributed by atoms with Gasteiger partial charge in [0.05, 0.1) is 5.69 Å². The number of rotatable bonds is 3. The second-order valence-corrected chi connectivity index (χ2v) is 5.51. The van der Waals surface area contributed by atoms with Gasteiger partial charge in [0.2, 0.25) is 0 Å². The standard InChI is InChI=1S/C15H23N3O2/c1-3-12-11-4-7-16-10-13(11)18-14(17-12)15(19-2)5-8-20-9-6-15/h16H,3-10H2,1-2H3. The lowest BCUT2D eigenvalue weighted by atomic mass is 9.92. The predicted octanol–water partition coefficient (Wildman–Crippen LogP) is 1.34.